The number of nitrogens with one attached hydrogen (secondary N) is 1. The second-order valence-corrected chi connectivity index (χ2v) is 5.26. The molecule has 0 amide bonds. The lowest BCUT2D eigenvalue weighted by Gasteiger charge is -2.20. The van der Waals surface area contributed by atoms with E-state index in [9.17, 15) is 0 Å². The molecule has 4 nitrogen and oxygen atoms in total. The second kappa shape index (κ2) is 9.10. The molecular weight excluding hydrogens is 238 g/mol. The van der Waals surface area contributed by atoms with Crippen molar-refractivity contribution < 1.29 is 4.74 Å². The smallest absolute Gasteiger partial charge is 0.0543 e. The summed E-state index contributed by atoms with van der Waals surface area (Å²) in [4.78, 5) is 0. The molecule has 2 atom stereocenters. The molecule has 1 aromatic heterocycles. The van der Waals surface area contributed by atoms with Gasteiger partial charge in [0.1, 0.15) is 0 Å². The number of aromatic nitrogens is 2. The molecule has 0 saturated carbocycles. The van der Waals surface area contributed by atoms with Crippen molar-refractivity contribution in [1.29, 1.82) is 0 Å². The van der Waals surface area contributed by atoms with E-state index in [1.54, 1.807) is 7.11 Å². The van der Waals surface area contributed by atoms with E-state index in [2.05, 4.69) is 30.3 Å². The molecule has 0 aromatic carbocycles. The van der Waals surface area contributed by atoms with Crippen molar-refractivity contribution in [3.63, 3.8) is 0 Å². The van der Waals surface area contributed by atoms with Gasteiger partial charge in [-0.3, -0.25) is 4.68 Å². The summed E-state index contributed by atoms with van der Waals surface area (Å²) in [7, 11) is 3.80. The molecule has 110 valence electrons. The monoisotopic (exact) mass is 267 g/mol. The summed E-state index contributed by atoms with van der Waals surface area (Å²) in [5, 5.41) is 7.87. The number of hydrogen-bond acceptors (Lipinski definition) is 3. The van der Waals surface area contributed by atoms with Crippen molar-refractivity contribution in [3.8, 4) is 0 Å². The van der Waals surface area contributed by atoms with Crippen molar-refractivity contribution in [2.45, 2.75) is 58.1 Å². The third-order valence-corrected chi connectivity index (χ3v) is 3.68. The van der Waals surface area contributed by atoms with Gasteiger partial charge < -0.3 is 10.1 Å². The number of hydrogen-bond donors (Lipinski definition) is 1. The number of nitrogens with zero attached hydrogens (tertiary/aromatic N) is 2. The van der Waals surface area contributed by atoms with E-state index < -0.39 is 0 Å². The number of rotatable bonds is 10. The Morgan fingerprint density at radius 3 is 2.74 bits per heavy atom. The van der Waals surface area contributed by atoms with Gasteiger partial charge in [-0.1, -0.05) is 6.92 Å². The van der Waals surface area contributed by atoms with Crippen LogP contribution >= 0.6 is 0 Å². The zero-order chi connectivity index (χ0) is 14.1. The van der Waals surface area contributed by atoms with Gasteiger partial charge in [0.05, 0.1) is 6.10 Å². The van der Waals surface area contributed by atoms with Gasteiger partial charge in [0.15, 0.2) is 0 Å². The van der Waals surface area contributed by atoms with E-state index in [0.29, 0.717) is 12.1 Å². The lowest BCUT2D eigenvalue weighted by Crippen LogP contribution is -2.31. The SMILES string of the molecule is CCCNC(CCc1ccnn1C)CCC(C)OC. The van der Waals surface area contributed by atoms with Crippen LogP contribution in [-0.4, -0.2) is 35.6 Å². The van der Waals surface area contributed by atoms with Crippen LogP contribution in [0.3, 0.4) is 0 Å². The number of methoxy groups -OCH3 is 1. The fourth-order valence-electron chi connectivity index (χ4n) is 2.22. The van der Waals surface area contributed by atoms with Gasteiger partial charge in [0.2, 0.25) is 0 Å². The lowest BCUT2D eigenvalue weighted by atomic mass is 10.0. The van der Waals surface area contributed by atoms with Gasteiger partial charge in [0.25, 0.3) is 0 Å². The van der Waals surface area contributed by atoms with Crippen LogP contribution in [0.5, 0.6) is 0 Å². The molecule has 0 aliphatic carbocycles. The Hall–Kier alpha value is -0.870. The van der Waals surface area contributed by atoms with E-state index >= 15 is 0 Å². The van der Waals surface area contributed by atoms with E-state index in [-0.39, 0.29) is 0 Å². The van der Waals surface area contributed by atoms with Crippen LogP contribution in [0, 0.1) is 0 Å². The molecular formula is C15H29N3O. The fourth-order valence-corrected chi connectivity index (χ4v) is 2.22. The Kier molecular flexibility index (Phi) is 7.75. The topological polar surface area (TPSA) is 39.1 Å². The lowest BCUT2D eigenvalue weighted by molar-refractivity contribution is 0.105. The van der Waals surface area contributed by atoms with Gasteiger partial charge in [0, 0.05) is 32.1 Å². The highest BCUT2D eigenvalue weighted by molar-refractivity contribution is 5.00. The first-order chi connectivity index (χ1) is 9.17. The Bertz CT molecular complexity index is 338. The van der Waals surface area contributed by atoms with Crippen molar-refractivity contribution in [3.05, 3.63) is 18.0 Å². The summed E-state index contributed by atoms with van der Waals surface area (Å²) >= 11 is 0. The minimum Gasteiger partial charge on any atom is -0.382 e. The predicted molar refractivity (Wildman–Crippen MR) is 79.3 cm³/mol. The molecule has 0 spiro atoms. The Balaban J connectivity index is 2.38. The van der Waals surface area contributed by atoms with Gasteiger partial charge >= 0.3 is 0 Å². The van der Waals surface area contributed by atoms with E-state index in [0.717, 1.165) is 25.8 Å². The van der Waals surface area contributed by atoms with Gasteiger partial charge in [-0.25, -0.2) is 0 Å². The number of aryl methyl sites for hydroxylation is 2. The molecule has 2 unspecified atom stereocenters. The van der Waals surface area contributed by atoms with Gasteiger partial charge in [-0.2, -0.15) is 5.10 Å². The molecule has 1 N–H and O–H groups in total. The molecule has 0 fully saturated rings. The first kappa shape index (κ1) is 16.2. The highest BCUT2D eigenvalue weighted by atomic mass is 16.5. The molecule has 0 saturated heterocycles. The van der Waals surface area contributed by atoms with E-state index in [4.69, 9.17) is 4.74 Å². The maximum absolute atomic E-state index is 5.33. The molecule has 0 radical (unpaired) electrons. The summed E-state index contributed by atoms with van der Waals surface area (Å²) in [5.74, 6) is 0. The highest BCUT2D eigenvalue weighted by Crippen LogP contribution is 2.11. The zero-order valence-corrected chi connectivity index (χ0v) is 12.9. The van der Waals surface area contributed by atoms with Crippen molar-refractivity contribution in [1.82, 2.24) is 15.1 Å². The van der Waals surface area contributed by atoms with Crippen LogP contribution in [0.4, 0.5) is 0 Å². The normalized spacial score (nSPS) is 14.5. The molecule has 1 rings (SSSR count). The first-order valence-corrected chi connectivity index (χ1v) is 7.40. The minimum absolute atomic E-state index is 0.350. The van der Waals surface area contributed by atoms with E-state index in [1.165, 1.54) is 18.5 Å². The quantitative estimate of drug-likeness (QED) is 0.708. The molecule has 19 heavy (non-hydrogen) atoms. The third-order valence-electron chi connectivity index (χ3n) is 3.68. The molecule has 0 aliphatic rings. The summed E-state index contributed by atoms with van der Waals surface area (Å²) < 4.78 is 7.30. The van der Waals surface area contributed by atoms with Gasteiger partial charge in [-0.15, -0.1) is 0 Å². The number of ether oxygens (including phenoxy) is 1. The van der Waals surface area contributed by atoms with Crippen molar-refractivity contribution >= 4 is 0 Å². The van der Waals surface area contributed by atoms with Crippen LogP contribution < -0.4 is 5.32 Å². The Morgan fingerprint density at radius 2 is 2.16 bits per heavy atom. The molecule has 1 aromatic rings. The van der Waals surface area contributed by atoms with Crippen LogP contribution in [0.2, 0.25) is 0 Å². The summed E-state index contributed by atoms with van der Waals surface area (Å²) in [6.45, 7) is 5.44. The zero-order valence-electron chi connectivity index (χ0n) is 12.9. The maximum Gasteiger partial charge on any atom is 0.0543 e. The third kappa shape index (κ3) is 6.21. The van der Waals surface area contributed by atoms with Crippen LogP contribution in [0.15, 0.2) is 12.3 Å². The van der Waals surface area contributed by atoms with E-state index in [1.807, 2.05) is 17.9 Å². The summed E-state index contributed by atoms with van der Waals surface area (Å²) in [6, 6.07) is 2.68. The first-order valence-electron chi connectivity index (χ1n) is 7.40. The van der Waals surface area contributed by atoms with Crippen LogP contribution in [0.25, 0.3) is 0 Å². The van der Waals surface area contributed by atoms with Crippen LogP contribution in [-0.2, 0) is 18.2 Å². The summed E-state index contributed by atoms with van der Waals surface area (Å²) in [6.07, 6.45) is 7.94. The summed E-state index contributed by atoms with van der Waals surface area (Å²) in [5.41, 5.74) is 1.31. The fraction of sp³-hybridized carbons (Fsp3) is 0.800. The highest BCUT2D eigenvalue weighted by Gasteiger charge is 2.11. The Morgan fingerprint density at radius 1 is 1.37 bits per heavy atom. The minimum atomic E-state index is 0.350. The second-order valence-electron chi connectivity index (χ2n) is 5.26. The van der Waals surface area contributed by atoms with Crippen molar-refractivity contribution in [2.75, 3.05) is 13.7 Å². The predicted octanol–water partition coefficient (Wildman–Crippen LogP) is 2.54. The Labute approximate surface area is 117 Å². The molecule has 0 bridgehead atoms. The standard InChI is InChI=1S/C15H29N3O/c1-5-11-16-14(7-6-13(2)19-4)8-9-15-10-12-17-18(15)3/h10,12-14,16H,5-9,11H2,1-4H3. The molecule has 1 heterocycles. The average Bonchev–Trinajstić information content (AvgIpc) is 2.83. The van der Waals surface area contributed by atoms with Crippen LogP contribution in [0.1, 0.15) is 45.2 Å². The largest absolute Gasteiger partial charge is 0.382 e. The molecule has 4 heteroatoms. The molecule has 0 aliphatic heterocycles. The van der Waals surface area contributed by atoms with Crippen molar-refractivity contribution in [2.24, 2.45) is 7.05 Å². The maximum atomic E-state index is 5.33. The average molecular weight is 267 g/mol. The van der Waals surface area contributed by atoms with Gasteiger partial charge in [-0.05, 0) is 51.6 Å².